The maximum Gasteiger partial charge on any atom is 0.231 e. The number of aliphatic hydroxyl groups is 1. The summed E-state index contributed by atoms with van der Waals surface area (Å²) in [6.07, 6.45) is 2.06. The molecule has 0 aliphatic carbocycles. The Kier molecular flexibility index (Phi) is 4.89. The molecule has 1 aromatic rings. The van der Waals surface area contributed by atoms with Gasteiger partial charge >= 0.3 is 0 Å². The molecule has 0 bridgehead atoms. The zero-order valence-corrected chi connectivity index (χ0v) is 12.6. The van der Waals surface area contributed by atoms with Gasteiger partial charge < -0.3 is 19.9 Å². The Morgan fingerprint density at radius 2 is 2.05 bits per heavy atom. The van der Waals surface area contributed by atoms with Gasteiger partial charge in [0, 0.05) is 24.6 Å². The molecular formula is C16H25NO3. The third-order valence-corrected chi connectivity index (χ3v) is 3.66. The number of rotatable bonds is 7. The van der Waals surface area contributed by atoms with Crippen molar-refractivity contribution in [2.45, 2.75) is 39.7 Å². The van der Waals surface area contributed by atoms with Gasteiger partial charge in [-0.15, -0.1) is 0 Å². The number of hydrogen-bond acceptors (Lipinski definition) is 4. The first-order chi connectivity index (χ1) is 9.50. The lowest BCUT2D eigenvalue weighted by molar-refractivity contribution is 0.153. The minimum Gasteiger partial charge on any atom is -0.454 e. The number of ether oxygens (including phenoxy) is 2. The van der Waals surface area contributed by atoms with Crippen molar-refractivity contribution >= 4 is 0 Å². The van der Waals surface area contributed by atoms with Gasteiger partial charge in [0.15, 0.2) is 11.5 Å². The third-order valence-electron chi connectivity index (χ3n) is 3.66. The molecule has 0 spiro atoms. The van der Waals surface area contributed by atoms with Crippen molar-refractivity contribution in [2.24, 2.45) is 5.41 Å². The lowest BCUT2D eigenvalue weighted by atomic mass is 9.94. The van der Waals surface area contributed by atoms with E-state index in [4.69, 9.17) is 9.47 Å². The van der Waals surface area contributed by atoms with Crippen LogP contribution < -0.4 is 14.8 Å². The molecule has 1 unspecified atom stereocenters. The predicted molar refractivity (Wildman–Crippen MR) is 79.2 cm³/mol. The standard InChI is InChI=1S/C16H25NO3/c1-12(17-9-16(2,3)10-18)4-5-13-6-7-14-15(8-13)20-11-19-14/h6-8,12,17-18H,4-5,9-11H2,1-3H3. The minimum absolute atomic E-state index is 0.0625. The van der Waals surface area contributed by atoms with Crippen molar-refractivity contribution in [2.75, 3.05) is 19.9 Å². The molecule has 0 saturated heterocycles. The highest BCUT2D eigenvalue weighted by Gasteiger charge is 2.17. The van der Waals surface area contributed by atoms with Gasteiger partial charge in [0.1, 0.15) is 0 Å². The van der Waals surface area contributed by atoms with Crippen LogP contribution in [-0.2, 0) is 6.42 Å². The van der Waals surface area contributed by atoms with Crippen LogP contribution in [0.4, 0.5) is 0 Å². The Balaban J connectivity index is 1.77. The lowest BCUT2D eigenvalue weighted by Gasteiger charge is -2.25. The van der Waals surface area contributed by atoms with E-state index in [9.17, 15) is 5.11 Å². The van der Waals surface area contributed by atoms with Crippen LogP contribution in [0.2, 0.25) is 0 Å². The van der Waals surface area contributed by atoms with Crippen molar-refractivity contribution < 1.29 is 14.6 Å². The Labute approximate surface area is 121 Å². The number of fused-ring (bicyclic) bond motifs is 1. The zero-order valence-electron chi connectivity index (χ0n) is 12.6. The first-order valence-corrected chi connectivity index (χ1v) is 7.23. The van der Waals surface area contributed by atoms with Gasteiger partial charge in [0.25, 0.3) is 0 Å². The molecular weight excluding hydrogens is 254 g/mol. The van der Waals surface area contributed by atoms with Crippen molar-refractivity contribution in [1.29, 1.82) is 0 Å². The Bertz CT molecular complexity index is 445. The van der Waals surface area contributed by atoms with E-state index >= 15 is 0 Å². The van der Waals surface area contributed by atoms with E-state index in [1.54, 1.807) is 0 Å². The predicted octanol–water partition coefficient (Wildman–Crippen LogP) is 2.34. The highest BCUT2D eigenvalue weighted by atomic mass is 16.7. The van der Waals surface area contributed by atoms with E-state index in [1.165, 1.54) is 5.56 Å². The second kappa shape index (κ2) is 6.46. The normalized spacial score (nSPS) is 15.4. The van der Waals surface area contributed by atoms with Gasteiger partial charge in [-0.3, -0.25) is 0 Å². The van der Waals surface area contributed by atoms with Crippen LogP contribution in [0.1, 0.15) is 32.8 Å². The van der Waals surface area contributed by atoms with Crippen molar-refractivity contribution in [1.82, 2.24) is 5.32 Å². The zero-order chi connectivity index (χ0) is 14.6. The molecule has 112 valence electrons. The number of aliphatic hydroxyl groups excluding tert-OH is 1. The molecule has 1 aliphatic rings. The molecule has 4 heteroatoms. The quantitative estimate of drug-likeness (QED) is 0.804. The number of hydrogen-bond donors (Lipinski definition) is 2. The molecule has 2 N–H and O–H groups in total. The van der Waals surface area contributed by atoms with E-state index in [0.29, 0.717) is 12.8 Å². The Hall–Kier alpha value is -1.26. The number of aryl methyl sites for hydroxylation is 1. The molecule has 0 radical (unpaired) electrons. The molecule has 2 rings (SSSR count). The van der Waals surface area contributed by atoms with Crippen LogP contribution in [0.3, 0.4) is 0 Å². The number of nitrogens with one attached hydrogen (secondary N) is 1. The van der Waals surface area contributed by atoms with Gasteiger partial charge in [-0.1, -0.05) is 19.9 Å². The molecule has 0 aromatic heterocycles. The fraction of sp³-hybridized carbons (Fsp3) is 0.625. The molecule has 0 saturated carbocycles. The SMILES string of the molecule is CC(CCc1ccc2c(c1)OCO2)NCC(C)(C)CO. The smallest absolute Gasteiger partial charge is 0.231 e. The van der Waals surface area contributed by atoms with E-state index in [-0.39, 0.29) is 12.0 Å². The summed E-state index contributed by atoms with van der Waals surface area (Å²) >= 11 is 0. The van der Waals surface area contributed by atoms with Crippen LogP contribution in [-0.4, -0.2) is 31.1 Å². The van der Waals surface area contributed by atoms with E-state index in [2.05, 4.69) is 38.2 Å². The van der Waals surface area contributed by atoms with E-state index in [1.807, 2.05) is 6.07 Å². The molecule has 1 heterocycles. The summed E-state index contributed by atoms with van der Waals surface area (Å²) < 4.78 is 10.7. The van der Waals surface area contributed by atoms with Crippen LogP contribution in [0.5, 0.6) is 11.5 Å². The van der Waals surface area contributed by atoms with Gasteiger partial charge in [-0.05, 0) is 37.5 Å². The van der Waals surface area contributed by atoms with Crippen LogP contribution in [0, 0.1) is 5.41 Å². The first kappa shape index (κ1) is 15.1. The van der Waals surface area contributed by atoms with Crippen LogP contribution >= 0.6 is 0 Å². The molecule has 4 nitrogen and oxygen atoms in total. The highest BCUT2D eigenvalue weighted by Crippen LogP contribution is 2.32. The molecule has 1 aromatic carbocycles. The Morgan fingerprint density at radius 1 is 1.30 bits per heavy atom. The van der Waals surface area contributed by atoms with Crippen molar-refractivity contribution in [3.63, 3.8) is 0 Å². The average molecular weight is 279 g/mol. The number of benzene rings is 1. The largest absolute Gasteiger partial charge is 0.454 e. The van der Waals surface area contributed by atoms with Gasteiger partial charge in [-0.2, -0.15) is 0 Å². The third kappa shape index (κ3) is 4.12. The summed E-state index contributed by atoms with van der Waals surface area (Å²) in [5, 5.41) is 12.7. The molecule has 1 atom stereocenters. The van der Waals surface area contributed by atoms with Crippen molar-refractivity contribution in [3.05, 3.63) is 23.8 Å². The van der Waals surface area contributed by atoms with Crippen LogP contribution in [0.25, 0.3) is 0 Å². The minimum atomic E-state index is -0.0625. The van der Waals surface area contributed by atoms with E-state index in [0.717, 1.165) is 30.9 Å². The van der Waals surface area contributed by atoms with Gasteiger partial charge in [-0.25, -0.2) is 0 Å². The summed E-state index contributed by atoms with van der Waals surface area (Å²) in [6.45, 7) is 7.66. The topological polar surface area (TPSA) is 50.7 Å². The maximum atomic E-state index is 9.24. The molecule has 0 amide bonds. The molecule has 1 aliphatic heterocycles. The molecule has 20 heavy (non-hydrogen) atoms. The summed E-state index contributed by atoms with van der Waals surface area (Å²) in [5.74, 6) is 1.69. The van der Waals surface area contributed by atoms with E-state index < -0.39 is 0 Å². The highest BCUT2D eigenvalue weighted by molar-refractivity contribution is 5.44. The summed E-state index contributed by atoms with van der Waals surface area (Å²) in [4.78, 5) is 0. The first-order valence-electron chi connectivity index (χ1n) is 7.23. The van der Waals surface area contributed by atoms with Gasteiger partial charge in [0.05, 0.1) is 0 Å². The fourth-order valence-corrected chi connectivity index (χ4v) is 2.09. The van der Waals surface area contributed by atoms with Gasteiger partial charge in [0.2, 0.25) is 6.79 Å². The monoisotopic (exact) mass is 279 g/mol. The van der Waals surface area contributed by atoms with Crippen LogP contribution in [0.15, 0.2) is 18.2 Å². The van der Waals surface area contributed by atoms with Crippen molar-refractivity contribution in [3.8, 4) is 11.5 Å². The average Bonchev–Trinajstić information content (AvgIpc) is 2.90. The maximum absolute atomic E-state index is 9.24. The summed E-state index contributed by atoms with van der Waals surface area (Å²) in [6, 6.07) is 6.56. The second-order valence-corrected chi connectivity index (χ2v) is 6.33. The summed E-state index contributed by atoms with van der Waals surface area (Å²) in [5.41, 5.74) is 1.21. The lowest BCUT2D eigenvalue weighted by Crippen LogP contribution is -2.37. The fourth-order valence-electron chi connectivity index (χ4n) is 2.09. The Morgan fingerprint density at radius 3 is 2.80 bits per heavy atom. The summed E-state index contributed by atoms with van der Waals surface area (Å²) in [7, 11) is 0. The molecule has 0 fully saturated rings. The second-order valence-electron chi connectivity index (χ2n) is 6.33.